The third-order valence-corrected chi connectivity index (χ3v) is 9.90. The minimum atomic E-state index is -3.93. The summed E-state index contributed by atoms with van der Waals surface area (Å²) >= 11 is 0. The molecule has 0 amide bonds. The van der Waals surface area contributed by atoms with E-state index in [9.17, 15) is 9.13 Å². The third-order valence-electron chi connectivity index (χ3n) is 3.76. The smallest absolute Gasteiger partial charge is 0.366 e. The van der Waals surface area contributed by atoms with Gasteiger partial charge in [0.05, 0.1) is 26.4 Å². The maximum Gasteiger partial charge on any atom is 0.366 e. The molecule has 0 aromatic rings. The highest BCUT2D eigenvalue weighted by molar-refractivity contribution is 7.74. The summed E-state index contributed by atoms with van der Waals surface area (Å²) in [5.74, 6) is 0.00605. The first kappa shape index (κ1) is 23.0. The summed E-state index contributed by atoms with van der Waals surface area (Å²) in [5, 5.41) is 10.5. The number of nitrogens with one attached hydrogen (secondary N) is 1. The molecule has 0 radical (unpaired) electrons. The summed E-state index contributed by atoms with van der Waals surface area (Å²) in [5.41, 5.74) is 0. The largest absolute Gasteiger partial charge is 0.396 e. The van der Waals surface area contributed by atoms with E-state index < -0.39 is 20.2 Å². The lowest BCUT2D eigenvalue weighted by molar-refractivity contribution is 0.173. The number of hydrogen-bond acceptors (Lipinski definition) is 8. The molecule has 8 nitrogen and oxygen atoms in total. The minimum Gasteiger partial charge on any atom is -0.396 e. The number of aliphatic hydroxyl groups excluding tert-OH is 1. The molecule has 1 aliphatic rings. The van der Waals surface area contributed by atoms with Crippen molar-refractivity contribution in [3.63, 3.8) is 0 Å². The summed E-state index contributed by atoms with van der Waals surface area (Å²) in [7, 11) is -7.85. The van der Waals surface area contributed by atoms with Gasteiger partial charge in [-0.05, 0) is 46.1 Å². The summed E-state index contributed by atoms with van der Waals surface area (Å²) in [6.45, 7) is 7.58. The van der Waals surface area contributed by atoms with E-state index in [2.05, 4.69) is 5.32 Å². The predicted octanol–water partition coefficient (Wildman–Crippen LogP) is 3.33. The van der Waals surface area contributed by atoms with Crippen molar-refractivity contribution in [3.05, 3.63) is 12.2 Å². The van der Waals surface area contributed by atoms with Crippen molar-refractivity contribution in [2.75, 3.05) is 39.6 Å². The van der Waals surface area contributed by atoms with Gasteiger partial charge in [-0.2, -0.15) is 0 Å². The van der Waals surface area contributed by atoms with Crippen LogP contribution in [-0.4, -0.2) is 49.7 Å². The van der Waals surface area contributed by atoms with Crippen LogP contribution in [0.5, 0.6) is 0 Å². The Bertz CT molecular complexity index is 476. The first-order valence-electron chi connectivity index (χ1n) is 8.72. The summed E-state index contributed by atoms with van der Waals surface area (Å²) in [4.78, 5) is 0. The Morgan fingerprint density at radius 1 is 1.00 bits per heavy atom. The molecule has 0 spiro atoms. The molecule has 0 aromatic heterocycles. The topological polar surface area (TPSA) is 103 Å². The fourth-order valence-corrected chi connectivity index (χ4v) is 8.01. The van der Waals surface area contributed by atoms with Crippen molar-refractivity contribution in [1.29, 1.82) is 0 Å². The number of hydrogen-bond donors (Lipinski definition) is 2. The average Bonchev–Trinajstić information content (AvgIpc) is 2.56. The molecule has 0 fully saturated rings. The van der Waals surface area contributed by atoms with Crippen LogP contribution in [0.1, 0.15) is 34.1 Å². The van der Waals surface area contributed by atoms with Gasteiger partial charge in [0.15, 0.2) is 0 Å². The van der Waals surface area contributed by atoms with Crippen molar-refractivity contribution >= 4 is 15.2 Å². The van der Waals surface area contributed by atoms with E-state index >= 15 is 0 Å². The molecule has 0 aromatic carbocycles. The SMILES string of the molecule is CCOP(=O)(OCC)C1(P(=O)(OCC)OCC)C=CC(CCO)CN1. The highest BCUT2D eigenvalue weighted by atomic mass is 31.2. The van der Waals surface area contributed by atoms with Crippen LogP contribution in [0.2, 0.25) is 0 Å². The van der Waals surface area contributed by atoms with Gasteiger partial charge < -0.3 is 23.2 Å². The maximum atomic E-state index is 13.6. The lowest BCUT2D eigenvalue weighted by atomic mass is 10.0. The molecule has 2 N–H and O–H groups in total. The molecule has 0 saturated carbocycles. The van der Waals surface area contributed by atoms with Crippen LogP contribution in [0.4, 0.5) is 0 Å². The van der Waals surface area contributed by atoms with Crippen LogP contribution >= 0.6 is 15.2 Å². The second-order valence-electron chi connectivity index (χ2n) is 5.40. The van der Waals surface area contributed by atoms with E-state index in [4.69, 9.17) is 23.2 Å². The van der Waals surface area contributed by atoms with Gasteiger partial charge in [0.2, 0.25) is 5.02 Å². The average molecular weight is 399 g/mol. The Morgan fingerprint density at radius 2 is 1.44 bits per heavy atom. The van der Waals surface area contributed by atoms with Gasteiger partial charge >= 0.3 is 15.2 Å². The molecule has 1 heterocycles. The molecule has 0 bridgehead atoms. The van der Waals surface area contributed by atoms with Gasteiger partial charge in [-0.15, -0.1) is 0 Å². The van der Waals surface area contributed by atoms with Gasteiger partial charge in [0.1, 0.15) is 0 Å². The fourth-order valence-electron chi connectivity index (χ4n) is 2.72. The monoisotopic (exact) mass is 399 g/mol. The van der Waals surface area contributed by atoms with Crippen LogP contribution in [0.3, 0.4) is 0 Å². The van der Waals surface area contributed by atoms with E-state index in [1.807, 2.05) is 0 Å². The van der Waals surface area contributed by atoms with Gasteiger partial charge in [-0.3, -0.25) is 14.4 Å². The molecule has 25 heavy (non-hydrogen) atoms. The van der Waals surface area contributed by atoms with E-state index in [-0.39, 0.29) is 39.0 Å². The quantitative estimate of drug-likeness (QED) is 0.381. The molecule has 148 valence electrons. The van der Waals surface area contributed by atoms with Gasteiger partial charge in [-0.1, -0.05) is 6.08 Å². The molecule has 1 atom stereocenters. The first-order chi connectivity index (χ1) is 11.9. The van der Waals surface area contributed by atoms with Gasteiger partial charge in [0.25, 0.3) is 0 Å². The van der Waals surface area contributed by atoms with Crippen LogP contribution < -0.4 is 5.32 Å². The second kappa shape index (κ2) is 10.3. The number of aliphatic hydroxyl groups is 1. The summed E-state index contributed by atoms with van der Waals surface area (Å²) < 4.78 is 49.2. The Hall–Kier alpha value is -0.0400. The molecule has 1 aliphatic heterocycles. The van der Waals surface area contributed by atoms with Crippen molar-refractivity contribution in [2.45, 2.75) is 39.1 Å². The van der Waals surface area contributed by atoms with E-state index in [1.54, 1.807) is 33.8 Å². The zero-order valence-corrected chi connectivity index (χ0v) is 17.3. The van der Waals surface area contributed by atoms with Crippen molar-refractivity contribution in [3.8, 4) is 0 Å². The van der Waals surface area contributed by atoms with E-state index in [0.717, 1.165) is 0 Å². The minimum absolute atomic E-state index is 0.00605. The van der Waals surface area contributed by atoms with Crippen LogP contribution in [0.15, 0.2) is 12.2 Å². The molecule has 0 saturated heterocycles. The predicted molar refractivity (Wildman–Crippen MR) is 96.8 cm³/mol. The molecule has 1 rings (SSSR count). The molecule has 0 aliphatic carbocycles. The third kappa shape index (κ3) is 4.82. The van der Waals surface area contributed by atoms with E-state index in [1.165, 1.54) is 6.08 Å². The highest BCUT2D eigenvalue weighted by Crippen LogP contribution is 2.77. The Morgan fingerprint density at radius 3 is 1.72 bits per heavy atom. The van der Waals surface area contributed by atoms with Crippen LogP contribution in [0, 0.1) is 5.92 Å². The number of rotatable bonds is 12. The van der Waals surface area contributed by atoms with Crippen molar-refractivity contribution in [1.82, 2.24) is 5.32 Å². The Balaban J connectivity index is 3.48. The van der Waals surface area contributed by atoms with Crippen LogP contribution in [0.25, 0.3) is 0 Å². The molecular formula is C15H31NO7P2. The lowest BCUT2D eigenvalue weighted by Gasteiger charge is -2.43. The maximum absolute atomic E-state index is 13.6. The Kier molecular flexibility index (Phi) is 9.51. The molecule has 10 heteroatoms. The van der Waals surface area contributed by atoms with E-state index in [0.29, 0.717) is 13.0 Å². The highest BCUT2D eigenvalue weighted by Gasteiger charge is 2.64. The standard InChI is InChI=1S/C15H31NO7P2/c1-5-20-24(18,21-6-2)15(25(19,22-7-3)23-8-4)11-9-14(10-12-17)13-16-15/h9,11,14,16-17H,5-8,10,12-13H2,1-4H3. The first-order valence-corrected chi connectivity index (χ1v) is 11.8. The second-order valence-corrected chi connectivity index (χ2v) is 10.2. The zero-order valence-electron chi connectivity index (χ0n) is 15.5. The van der Waals surface area contributed by atoms with Crippen LogP contribution in [-0.2, 0) is 27.2 Å². The van der Waals surface area contributed by atoms with Gasteiger partial charge in [-0.25, -0.2) is 0 Å². The summed E-state index contributed by atoms with van der Waals surface area (Å²) in [6.07, 6.45) is 3.82. The molecular weight excluding hydrogens is 368 g/mol. The fraction of sp³-hybridized carbons (Fsp3) is 0.867. The van der Waals surface area contributed by atoms with Crippen molar-refractivity contribution in [2.24, 2.45) is 5.92 Å². The lowest BCUT2D eigenvalue weighted by Crippen LogP contribution is -2.49. The molecule has 1 unspecified atom stereocenters. The van der Waals surface area contributed by atoms with Gasteiger partial charge in [0, 0.05) is 13.2 Å². The Labute approximate surface area is 150 Å². The van der Waals surface area contributed by atoms with Crippen molar-refractivity contribution < 1.29 is 32.3 Å². The zero-order chi connectivity index (χ0) is 19.0. The summed E-state index contributed by atoms with van der Waals surface area (Å²) in [6, 6.07) is 0. The normalized spacial score (nSPS) is 20.8.